The van der Waals surface area contributed by atoms with Crippen molar-refractivity contribution in [3.05, 3.63) is 0 Å². The van der Waals surface area contributed by atoms with Gasteiger partial charge in [-0.1, -0.05) is 0 Å². The summed E-state index contributed by atoms with van der Waals surface area (Å²) in [6.45, 7) is -1.05. The molecule has 0 aromatic heterocycles. The van der Waals surface area contributed by atoms with Crippen molar-refractivity contribution in [2.45, 2.75) is 12.8 Å². The van der Waals surface area contributed by atoms with Crippen LogP contribution in [0.15, 0.2) is 0 Å². The van der Waals surface area contributed by atoms with Crippen molar-refractivity contribution in [1.29, 1.82) is 0 Å². The first-order valence-electron chi connectivity index (χ1n) is 3.09. The van der Waals surface area contributed by atoms with E-state index in [1.807, 2.05) is 0 Å². The monoisotopic (exact) mass is 295 g/mol. The van der Waals surface area contributed by atoms with Gasteiger partial charge >= 0.3 is 62.1 Å². The van der Waals surface area contributed by atoms with E-state index in [0.717, 1.165) is 0 Å². The molecular weight excluding hydrogens is 285 g/mol. The summed E-state index contributed by atoms with van der Waals surface area (Å²) in [6.07, 6.45) is 0.436. The predicted molar refractivity (Wildman–Crippen MR) is 32.1 cm³/mol. The van der Waals surface area contributed by atoms with E-state index in [4.69, 9.17) is 0 Å². The fourth-order valence-electron chi connectivity index (χ4n) is 1.03. The van der Waals surface area contributed by atoms with Crippen molar-refractivity contribution in [2.75, 3.05) is 13.1 Å². The molecule has 0 radical (unpaired) electrons. The minimum absolute atomic E-state index is 0.218. The van der Waals surface area contributed by atoms with Gasteiger partial charge in [-0.25, -0.2) is 0 Å². The molecule has 1 aliphatic rings. The van der Waals surface area contributed by atoms with Crippen molar-refractivity contribution >= 4 is 18.5 Å². The first kappa shape index (κ1) is 9.49. The van der Waals surface area contributed by atoms with Crippen LogP contribution in [0.2, 0.25) is 0 Å². The van der Waals surface area contributed by atoms with Crippen LogP contribution >= 0.6 is 0 Å². The summed E-state index contributed by atoms with van der Waals surface area (Å²) >= 11 is -10.1. The third kappa shape index (κ3) is 2.42. The Morgan fingerprint density at radius 1 is 0.818 bits per heavy atom. The number of halogens is 5. The van der Waals surface area contributed by atoms with E-state index in [-0.39, 0.29) is 12.8 Å². The average molecular weight is 293 g/mol. The van der Waals surface area contributed by atoms with E-state index in [1.165, 1.54) is 0 Å². The Kier molecular flexibility index (Phi) is 1.58. The molecule has 11 heavy (non-hydrogen) atoms. The molecular formula is C4H8F5NTe. The molecule has 0 amide bonds. The molecule has 1 fully saturated rings. The van der Waals surface area contributed by atoms with E-state index in [0.29, 0.717) is 0 Å². The van der Waals surface area contributed by atoms with Crippen LogP contribution in [-0.2, 0) is 0 Å². The zero-order valence-electron chi connectivity index (χ0n) is 5.57. The van der Waals surface area contributed by atoms with Crippen molar-refractivity contribution in [3.8, 4) is 0 Å². The molecule has 0 atom stereocenters. The van der Waals surface area contributed by atoms with Gasteiger partial charge in [-0.3, -0.25) is 0 Å². The number of hydrogen-bond acceptors (Lipinski definition) is 1. The molecule has 0 spiro atoms. The van der Waals surface area contributed by atoms with Gasteiger partial charge in [0.25, 0.3) is 0 Å². The SMILES string of the molecule is F[Te](F)(F)(F)(F)N1CCCC1. The fraction of sp³-hybridized carbons (Fsp3) is 1.00. The van der Waals surface area contributed by atoms with Crippen molar-refractivity contribution in [1.82, 2.24) is 3.15 Å². The molecule has 1 rings (SSSR count). The van der Waals surface area contributed by atoms with Crippen LogP contribution in [0.3, 0.4) is 0 Å². The second kappa shape index (κ2) is 1.83. The summed E-state index contributed by atoms with van der Waals surface area (Å²) in [5.41, 5.74) is 0. The van der Waals surface area contributed by atoms with E-state index >= 15 is 0 Å². The molecule has 0 bridgehead atoms. The van der Waals surface area contributed by atoms with Gasteiger partial charge in [-0.05, 0) is 0 Å². The molecule has 0 saturated carbocycles. The van der Waals surface area contributed by atoms with E-state index in [1.54, 1.807) is 0 Å². The Morgan fingerprint density at radius 2 is 1.18 bits per heavy atom. The van der Waals surface area contributed by atoms with Crippen LogP contribution < -0.4 is 0 Å². The van der Waals surface area contributed by atoms with Crippen molar-refractivity contribution < 1.29 is 14.5 Å². The zero-order chi connectivity index (χ0) is 8.81. The van der Waals surface area contributed by atoms with Crippen molar-refractivity contribution in [2.24, 2.45) is 0 Å². The van der Waals surface area contributed by atoms with Crippen molar-refractivity contribution in [3.63, 3.8) is 0 Å². The number of rotatable bonds is 1. The van der Waals surface area contributed by atoms with E-state index < -0.39 is 34.8 Å². The zero-order valence-corrected chi connectivity index (χ0v) is 7.90. The van der Waals surface area contributed by atoms with Gasteiger partial charge in [0.2, 0.25) is 0 Å². The topological polar surface area (TPSA) is 3.24 Å². The summed E-state index contributed by atoms with van der Waals surface area (Å²) in [4.78, 5) is 0. The normalized spacial score (nSPS) is 28.1. The molecule has 0 unspecified atom stereocenters. The van der Waals surface area contributed by atoms with Crippen LogP contribution in [0.4, 0.5) is 14.5 Å². The van der Waals surface area contributed by atoms with E-state index in [2.05, 4.69) is 0 Å². The molecule has 0 aromatic carbocycles. The molecule has 7 heteroatoms. The molecule has 1 saturated heterocycles. The Bertz CT molecular complexity index is 164. The maximum absolute atomic E-state index is 11.9. The Balaban J connectivity index is 2.88. The molecule has 1 nitrogen and oxygen atoms in total. The first-order chi connectivity index (χ1) is 4.59. The van der Waals surface area contributed by atoms with Gasteiger partial charge in [0.05, 0.1) is 0 Å². The Morgan fingerprint density at radius 3 is 1.36 bits per heavy atom. The van der Waals surface area contributed by atoms with Gasteiger partial charge in [0.1, 0.15) is 0 Å². The Hall–Kier alpha value is 0.400. The predicted octanol–water partition coefficient (Wildman–Crippen LogP) is 2.27. The third-order valence-electron chi connectivity index (χ3n) is 1.55. The fourth-order valence-corrected chi connectivity index (χ4v) is 3.74. The second-order valence-electron chi connectivity index (χ2n) is 2.56. The summed E-state index contributed by atoms with van der Waals surface area (Å²) in [7, 11) is 0. The van der Waals surface area contributed by atoms with Gasteiger partial charge < -0.3 is 0 Å². The van der Waals surface area contributed by atoms with Crippen LogP contribution in [0.1, 0.15) is 12.8 Å². The van der Waals surface area contributed by atoms with Gasteiger partial charge in [0, 0.05) is 0 Å². The summed E-state index contributed by atoms with van der Waals surface area (Å²) in [5.74, 6) is 0. The van der Waals surface area contributed by atoms with Crippen LogP contribution in [0.5, 0.6) is 0 Å². The first-order valence-corrected chi connectivity index (χ1v) is 8.53. The minimum atomic E-state index is -10.1. The van der Waals surface area contributed by atoms with Gasteiger partial charge in [-0.15, -0.1) is 0 Å². The van der Waals surface area contributed by atoms with Gasteiger partial charge in [-0.2, -0.15) is 0 Å². The average Bonchev–Trinajstić information content (AvgIpc) is 2.01. The van der Waals surface area contributed by atoms with E-state index in [9.17, 15) is 14.5 Å². The van der Waals surface area contributed by atoms with Crippen LogP contribution in [0.25, 0.3) is 0 Å². The summed E-state index contributed by atoms with van der Waals surface area (Å²) < 4.78 is 59.0. The summed E-state index contributed by atoms with van der Waals surface area (Å²) in [6, 6.07) is 0. The van der Waals surface area contributed by atoms with Crippen LogP contribution in [-0.4, -0.2) is 34.8 Å². The molecule has 1 heterocycles. The second-order valence-corrected chi connectivity index (χ2v) is 9.34. The molecule has 0 N–H and O–H groups in total. The molecule has 0 aromatic rings. The molecule has 70 valence electrons. The Labute approximate surface area is 62.5 Å². The number of nitrogens with zero attached hydrogens (tertiary/aromatic N) is 1. The quantitative estimate of drug-likeness (QED) is 0.529. The number of hydrogen-bond donors (Lipinski definition) is 0. The maximum atomic E-state index is 11.9. The summed E-state index contributed by atoms with van der Waals surface area (Å²) in [5, 5.41) is 0. The molecule has 0 aliphatic carbocycles. The molecule has 1 aliphatic heterocycles. The standard InChI is InChI=1S/C4H8F5NTe/c5-11(6,7,8,9)10-3-1-2-4-10/h1-4H2. The third-order valence-corrected chi connectivity index (χ3v) is 5.38. The van der Waals surface area contributed by atoms with Crippen LogP contribution in [0, 0.1) is 0 Å². The van der Waals surface area contributed by atoms with Gasteiger partial charge in [0.15, 0.2) is 0 Å².